The van der Waals surface area contributed by atoms with Crippen LogP contribution < -0.4 is 0 Å². The molecule has 2 unspecified atom stereocenters. The van der Waals surface area contributed by atoms with Crippen molar-refractivity contribution in [3.8, 4) is 0 Å². The minimum absolute atomic E-state index is 0.105. The van der Waals surface area contributed by atoms with Gasteiger partial charge in [-0.1, -0.05) is 19.3 Å². The van der Waals surface area contributed by atoms with Gasteiger partial charge in [-0.05, 0) is 25.2 Å². The average molecular weight is 212 g/mol. The summed E-state index contributed by atoms with van der Waals surface area (Å²) in [5.41, 5.74) is 0. The number of aliphatic hydroxyl groups excluding tert-OH is 1. The summed E-state index contributed by atoms with van der Waals surface area (Å²) in [5, 5.41) is 9.33. The molecule has 3 nitrogen and oxygen atoms in total. The summed E-state index contributed by atoms with van der Waals surface area (Å²) >= 11 is 0. The molecule has 0 aromatic heterocycles. The summed E-state index contributed by atoms with van der Waals surface area (Å²) in [7, 11) is 0. The van der Waals surface area contributed by atoms with Gasteiger partial charge in [0.25, 0.3) is 0 Å². The number of hydrogen-bond donors (Lipinski definition) is 1. The lowest BCUT2D eigenvalue weighted by molar-refractivity contribution is -0.196. The van der Waals surface area contributed by atoms with E-state index in [1.165, 1.54) is 32.1 Å². The van der Waals surface area contributed by atoms with Crippen LogP contribution in [0.15, 0.2) is 0 Å². The molecule has 0 aromatic rings. The van der Waals surface area contributed by atoms with Crippen LogP contribution in [0.3, 0.4) is 0 Å². The van der Waals surface area contributed by atoms with Crippen LogP contribution in [0.2, 0.25) is 0 Å². The molecular formula is C12H20O3. The Morgan fingerprint density at radius 2 is 1.67 bits per heavy atom. The standard InChI is InChI=1S/C12H20O3/c13-11-7-9-6-10(14-12(9)15-11)8-4-2-1-3-5-8/h8-13H,1-7H2/t9-,10?,11?,12+/m0/s1. The topological polar surface area (TPSA) is 38.7 Å². The van der Waals surface area contributed by atoms with E-state index in [0.717, 1.165) is 18.8 Å². The van der Waals surface area contributed by atoms with Crippen molar-refractivity contribution in [3.63, 3.8) is 0 Å². The lowest BCUT2D eigenvalue weighted by Gasteiger charge is -2.27. The summed E-state index contributed by atoms with van der Waals surface area (Å²) in [5.74, 6) is 1.21. The van der Waals surface area contributed by atoms with Gasteiger partial charge in [0.05, 0.1) is 6.10 Å². The normalized spacial score (nSPS) is 47.0. The van der Waals surface area contributed by atoms with Gasteiger partial charge in [0, 0.05) is 12.3 Å². The van der Waals surface area contributed by atoms with Crippen molar-refractivity contribution in [3.05, 3.63) is 0 Å². The molecule has 2 heterocycles. The van der Waals surface area contributed by atoms with Crippen molar-refractivity contribution in [2.75, 3.05) is 0 Å². The van der Waals surface area contributed by atoms with Crippen LogP contribution in [0.5, 0.6) is 0 Å². The molecule has 4 atom stereocenters. The molecule has 0 bridgehead atoms. The number of fused-ring (bicyclic) bond motifs is 1. The average Bonchev–Trinajstić information content (AvgIpc) is 2.76. The number of aliphatic hydroxyl groups is 1. The second kappa shape index (κ2) is 4.04. The Balaban J connectivity index is 1.57. The lowest BCUT2D eigenvalue weighted by atomic mass is 9.83. The molecule has 3 heteroatoms. The molecule has 15 heavy (non-hydrogen) atoms. The van der Waals surface area contributed by atoms with E-state index in [1.54, 1.807) is 0 Å². The molecule has 3 rings (SSSR count). The summed E-state index contributed by atoms with van der Waals surface area (Å²) in [6, 6.07) is 0. The first kappa shape index (κ1) is 10.1. The highest BCUT2D eigenvalue weighted by Gasteiger charge is 2.45. The molecule has 2 aliphatic heterocycles. The van der Waals surface area contributed by atoms with E-state index < -0.39 is 6.29 Å². The van der Waals surface area contributed by atoms with Crippen LogP contribution in [0.4, 0.5) is 0 Å². The molecular weight excluding hydrogens is 192 g/mol. The highest BCUT2D eigenvalue weighted by Crippen LogP contribution is 2.42. The largest absolute Gasteiger partial charge is 0.368 e. The fourth-order valence-electron chi connectivity index (χ4n) is 3.38. The maximum absolute atomic E-state index is 9.33. The first-order valence-electron chi connectivity index (χ1n) is 6.32. The number of ether oxygens (including phenoxy) is 2. The van der Waals surface area contributed by atoms with Crippen molar-refractivity contribution in [2.24, 2.45) is 11.8 Å². The minimum Gasteiger partial charge on any atom is -0.368 e. The molecule has 1 N–H and O–H groups in total. The number of rotatable bonds is 1. The van der Waals surface area contributed by atoms with Gasteiger partial charge in [-0.25, -0.2) is 0 Å². The Hall–Kier alpha value is -0.120. The van der Waals surface area contributed by atoms with E-state index in [-0.39, 0.29) is 6.29 Å². The maximum atomic E-state index is 9.33. The summed E-state index contributed by atoms with van der Waals surface area (Å²) < 4.78 is 11.3. The lowest BCUT2D eigenvalue weighted by Crippen LogP contribution is -2.25. The SMILES string of the molecule is OC1C[C@@H]2CC(C3CCCCC3)O[C@@H]2O1. The first-order valence-corrected chi connectivity index (χ1v) is 6.32. The second-order valence-electron chi connectivity index (χ2n) is 5.26. The van der Waals surface area contributed by atoms with Crippen molar-refractivity contribution < 1.29 is 14.6 Å². The zero-order valence-corrected chi connectivity index (χ0v) is 9.10. The van der Waals surface area contributed by atoms with Crippen LogP contribution >= 0.6 is 0 Å². The predicted octanol–water partition coefficient (Wildman–Crippen LogP) is 2.04. The molecule has 3 fully saturated rings. The molecule has 86 valence electrons. The highest BCUT2D eigenvalue weighted by atomic mass is 16.7. The first-order chi connectivity index (χ1) is 7.33. The van der Waals surface area contributed by atoms with Crippen LogP contribution in [0, 0.1) is 11.8 Å². The number of hydrogen-bond acceptors (Lipinski definition) is 3. The zero-order valence-electron chi connectivity index (χ0n) is 9.10. The smallest absolute Gasteiger partial charge is 0.164 e. The van der Waals surface area contributed by atoms with Crippen LogP contribution in [-0.4, -0.2) is 23.8 Å². The fraction of sp³-hybridized carbons (Fsp3) is 1.00. The van der Waals surface area contributed by atoms with Gasteiger partial charge >= 0.3 is 0 Å². The Kier molecular flexibility index (Phi) is 2.71. The molecule has 1 saturated carbocycles. The molecule has 3 aliphatic rings. The Bertz CT molecular complexity index is 211. The third-order valence-corrected chi connectivity index (χ3v) is 4.20. The van der Waals surface area contributed by atoms with Gasteiger partial charge in [-0.15, -0.1) is 0 Å². The van der Waals surface area contributed by atoms with Crippen LogP contribution in [0.1, 0.15) is 44.9 Å². The van der Waals surface area contributed by atoms with E-state index in [0.29, 0.717) is 12.0 Å². The van der Waals surface area contributed by atoms with Crippen LogP contribution in [0.25, 0.3) is 0 Å². The summed E-state index contributed by atoms with van der Waals surface area (Å²) in [6.07, 6.45) is 8.38. The third-order valence-electron chi connectivity index (χ3n) is 4.20. The summed E-state index contributed by atoms with van der Waals surface area (Å²) in [4.78, 5) is 0. The summed E-state index contributed by atoms with van der Waals surface area (Å²) in [6.45, 7) is 0. The van der Waals surface area contributed by atoms with Gasteiger partial charge in [0.1, 0.15) is 0 Å². The van der Waals surface area contributed by atoms with Crippen molar-refractivity contribution in [2.45, 2.75) is 63.6 Å². The molecule has 1 aliphatic carbocycles. The quantitative estimate of drug-likeness (QED) is 0.723. The van der Waals surface area contributed by atoms with E-state index in [4.69, 9.17) is 9.47 Å². The molecule has 0 spiro atoms. The highest BCUT2D eigenvalue weighted by molar-refractivity contribution is 4.87. The Labute approximate surface area is 90.8 Å². The van der Waals surface area contributed by atoms with E-state index in [1.807, 2.05) is 0 Å². The maximum Gasteiger partial charge on any atom is 0.164 e. The van der Waals surface area contributed by atoms with Crippen LogP contribution in [-0.2, 0) is 9.47 Å². The zero-order chi connectivity index (χ0) is 10.3. The van der Waals surface area contributed by atoms with E-state index >= 15 is 0 Å². The van der Waals surface area contributed by atoms with E-state index in [2.05, 4.69) is 0 Å². The molecule has 0 radical (unpaired) electrons. The van der Waals surface area contributed by atoms with Gasteiger partial charge in [0.2, 0.25) is 0 Å². The van der Waals surface area contributed by atoms with Crippen molar-refractivity contribution >= 4 is 0 Å². The molecule has 2 saturated heterocycles. The van der Waals surface area contributed by atoms with Crippen molar-refractivity contribution in [1.82, 2.24) is 0 Å². The van der Waals surface area contributed by atoms with Gasteiger partial charge < -0.3 is 14.6 Å². The predicted molar refractivity (Wildman–Crippen MR) is 55.1 cm³/mol. The fourth-order valence-corrected chi connectivity index (χ4v) is 3.38. The van der Waals surface area contributed by atoms with E-state index in [9.17, 15) is 5.11 Å². The molecule has 0 amide bonds. The van der Waals surface area contributed by atoms with Gasteiger partial charge in [-0.3, -0.25) is 0 Å². The van der Waals surface area contributed by atoms with Crippen molar-refractivity contribution in [1.29, 1.82) is 0 Å². The molecule has 0 aromatic carbocycles. The third kappa shape index (κ3) is 1.93. The Morgan fingerprint density at radius 3 is 2.40 bits per heavy atom. The Morgan fingerprint density at radius 1 is 0.867 bits per heavy atom. The second-order valence-corrected chi connectivity index (χ2v) is 5.26. The monoisotopic (exact) mass is 212 g/mol. The minimum atomic E-state index is -0.577. The van der Waals surface area contributed by atoms with Gasteiger partial charge in [0.15, 0.2) is 12.6 Å². The van der Waals surface area contributed by atoms with Gasteiger partial charge in [-0.2, -0.15) is 0 Å².